The SMILES string of the molecule is O=C(O)c1ccc(NC(=O)N2CCOC(CO)C2)c(Br)c1. The summed E-state index contributed by atoms with van der Waals surface area (Å²) < 4.78 is 5.77. The van der Waals surface area contributed by atoms with Gasteiger partial charge in [0.1, 0.15) is 0 Å². The first-order chi connectivity index (χ1) is 10.0. The Bertz CT molecular complexity index is 551. The Kier molecular flexibility index (Phi) is 5.16. The average molecular weight is 359 g/mol. The number of hydrogen-bond donors (Lipinski definition) is 3. The second-order valence-corrected chi connectivity index (χ2v) is 5.41. The van der Waals surface area contributed by atoms with E-state index in [9.17, 15) is 9.59 Å². The maximum atomic E-state index is 12.1. The lowest BCUT2D eigenvalue weighted by molar-refractivity contribution is -0.0388. The molecule has 1 unspecified atom stereocenters. The Labute approximate surface area is 129 Å². The number of carbonyl (C=O) groups excluding carboxylic acids is 1. The topological polar surface area (TPSA) is 99.1 Å². The first kappa shape index (κ1) is 15.7. The number of ether oxygens (including phenoxy) is 1. The van der Waals surface area contributed by atoms with Crippen LogP contribution in [0.15, 0.2) is 22.7 Å². The number of aliphatic hydroxyl groups is 1. The van der Waals surface area contributed by atoms with E-state index < -0.39 is 5.97 Å². The summed E-state index contributed by atoms with van der Waals surface area (Å²) in [4.78, 5) is 24.5. The molecule has 1 atom stereocenters. The van der Waals surface area contributed by atoms with Crippen LogP contribution in [0.5, 0.6) is 0 Å². The smallest absolute Gasteiger partial charge is 0.335 e. The van der Waals surface area contributed by atoms with Gasteiger partial charge < -0.3 is 25.2 Å². The molecule has 0 saturated carbocycles. The molecule has 0 spiro atoms. The lowest BCUT2D eigenvalue weighted by atomic mass is 10.2. The number of anilines is 1. The summed E-state index contributed by atoms with van der Waals surface area (Å²) in [5, 5.41) is 20.6. The van der Waals surface area contributed by atoms with Crippen molar-refractivity contribution in [3.8, 4) is 0 Å². The minimum Gasteiger partial charge on any atom is -0.478 e. The second kappa shape index (κ2) is 6.88. The Balaban J connectivity index is 2.04. The van der Waals surface area contributed by atoms with E-state index in [-0.39, 0.29) is 24.3 Å². The molecule has 0 aromatic heterocycles. The van der Waals surface area contributed by atoms with Gasteiger partial charge in [-0.25, -0.2) is 9.59 Å². The van der Waals surface area contributed by atoms with Crippen molar-refractivity contribution in [2.75, 3.05) is 31.6 Å². The third-order valence-corrected chi connectivity index (χ3v) is 3.74. The summed E-state index contributed by atoms with van der Waals surface area (Å²) in [6.07, 6.45) is -0.373. The monoisotopic (exact) mass is 358 g/mol. The van der Waals surface area contributed by atoms with Crippen molar-refractivity contribution < 1.29 is 24.5 Å². The molecule has 1 saturated heterocycles. The van der Waals surface area contributed by atoms with Gasteiger partial charge in [-0.1, -0.05) is 0 Å². The van der Waals surface area contributed by atoms with E-state index in [0.29, 0.717) is 29.9 Å². The molecule has 8 heteroatoms. The number of halogens is 1. The first-order valence-electron chi connectivity index (χ1n) is 6.32. The van der Waals surface area contributed by atoms with Gasteiger partial charge >= 0.3 is 12.0 Å². The fourth-order valence-electron chi connectivity index (χ4n) is 1.96. The van der Waals surface area contributed by atoms with E-state index in [1.54, 1.807) is 4.90 Å². The van der Waals surface area contributed by atoms with Crippen LogP contribution < -0.4 is 5.32 Å². The van der Waals surface area contributed by atoms with Gasteiger partial charge in [0.25, 0.3) is 0 Å². The van der Waals surface area contributed by atoms with E-state index in [2.05, 4.69) is 21.2 Å². The highest BCUT2D eigenvalue weighted by atomic mass is 79.9. The van der Waals surface area contributed by atoms with Gasteiger partial charge in [-0.2, -0.15) is 0 Å². The third-order valence-electron chi connectivity index (χ3n) is 3.09. The fraction of sp³-hybridized carbons (Fsp3) is 0.385. The number of aromatic carboxylic acids is 1. The number of carbonyl (C=O) groups is 2. The number of morpholine rings is 1. The van der Waals surface area contributed by atoms with Gasteiger partial charge in [0.05, 0.1) is 37.1 Å². The number of carboxylic acid groups (broad SMARTS) is 1. The van der Waals surface area contributed by atoms with E-state index in [0.717, 1.165) is 0 Å². The van der Waals surface area contributed by atoms with Crippen molar-refractivity contribution in [2.45, 2.75) is 6.10 Å². The summed E-state index contributed by atoms with van der Waals surface area (Å²) in [6.45, 7) is 0.985. The molecule has 2 amide bonds. The molecule has 0 bridgehead atoms. The van der Waals surface area contributed by atoms with Crippen molar-refractivity contribution in [3.05, 3.63) is 28.2 Å². The number of carboxylic acids is 1. The zero-order valence-electron chi connectivity index (χ0n) is 11.1. The molecule has 1 fully saturated rings. The van der Waals surface area contributed by atoms with E-state index >= 15 is 0 Å². The van der Waals surface area contributed by atoms with Crippen LogP contribution in [0.4, 0.5) is 10.5 Å². The molecule has 1 aliphatic heterocycles. The van der Waals surface area contributed by atoms with Gasteiger partial charge in [0, 0.05) is 11.0 Å². The van der Waals surface area contributed by atoms with Gasteiger partial charge in [-0.05, 0) is 34.1 Å². The van der Waals surface area contributed by atoms with Gasteiger partial charge in [0.15, 0.2) is 0 Å². The predicted octanol–water partition coefficient (Wildman–Crippen LogP) is 1.37. The second-order valence-electron chi connectivity index (χ2n) is 4.55. The number of benzene rings is 1. The zero-order chi connectivity index (χ0) is 15.4. The highest BCUT2D eigenvalue weighted by Gasteiger charge is 2.24. The molecule has 21 heavy (non-hydrogen) atoms. The van der Waals surface area contributed by atoms with Crippen molar-refractivity contribution in [1.29, 1.82) is 0 Å². The third kappa shape index (κ3) is 3.93. The number of nitrogens with zero attached hydrogens (tertiary/aromatic N) is 1. The van der Waals surface area contributed by atoms with Gasteiger partial charge in [-0.15, -0.1) is 0 Å². The van der Waals surface area contributed by atoms with Crippen molar-refractivity contribution in [2.24, 2.45) is 0 Å². The Morgan fingerprint density at radius 1 is 1.48 bits per heavy atom. The summed E-state index contributed by atoms with van der Waals surface area (Å²) in [6, 6.07) is 4.04. The number of urea groups is 1. The molecule has 2 rings (SSSR count). The zero-order valence-corrected chi connectivity index (χ0v) is 12.7. The van der Waals surface area contributed by atoms with E-state index in [4.69, 9.17) is 14.9 Å². The summed E-state index contributed by atoms with van der Waals surface area (Å²) in [7, 11) is 0. The molecule has 1 heterocycles. The molecule has 7 nitrogen and oxygen atoms in total. The first-order valence-corrected chi connectivity index (χ1v) is 7.12. The Hall–Kier alpha value is -1.64. The number of rotatable bonds is 3. The molecular formula is C13H15BrN2O5. The Morgan fingerprint density at radius 2 is 2.24 bits per heavy atom. The van der Waals surface area contributed by atoms with E-state index in [1.807, 2.05) is 0 Å². The minimum atomic E-state index is -1.03. The summed E-state index contributed by atoms with van der Waals surface area (Å²) in [5.74, 6) is -1.03. The number of hydrogen-bond acceptors (Lipinski definition) is 4. The summed E-state index contributed by atoms with van der Waals surface area (Å²) in [5.41, 5.74) is 0.614. The van der Waals surface area contributed by atoms with Crippen LogP contribution in [-0.2, 0) is 4.74 Å². The molecule has 3 N–H and O–H groups in total. The molecule has 1 aliphatic rings. The number of aliphatic hydroxyl groups excluding tert-OH is 1. The minimum absolute atomic E-state index is 0.131. The fourth-order valence-corrected chi connectivity index (χ4v) is 2.44. The molecule has 1 aromatic carbocycles. The normalized spacial score (nSPS) is 18.4. The maximum absolute atomic E-state index is 12.1. The van der Waals surface area contributed by atoms with Gasteiger partial charge in [0.2, 0.25) is 0 Å². The number of nitrogens with one attached hydrogen (secondary N) is 1. The van der Waals surface area contributed by atoms with E-state index in [1.165, 1.54) is 18.2 Å². The van der Waals surface area contributed by atoms with Crippen molar-refractivity contribution in [3.63, 3.8) is 0 Å². The van der Waals surface area contributed by atoms with Crippen LogP contribution in [0, 0.1) is 0 Å². The largest absolute Gasteiger partial charge is 0.478 e. The van der Waals surface area contributed by atoms with Crippen LogP contribution in [0.3, 0.4) is 0 Å². The molecule has 0 radical (unpaired) electrons. The molecular weight excluding hydrogens is 344 g/mol. The van der Waals surface area contributed by atoms with Crippen LogP contribution in [-0.4, -0.2) is 59.5 Å². The molecule has 1 aromatic rings. The van der Waals surface area contributed by atoms with Crippen molar-refractivity contribution in [1.82, 2.24) is 4.90 Å². The van der Waals surface area contributed by atoms with Gasteiger partial charge in [-0.3, -0.25) is 0 Å². The Morgan fingerprint density at radius 3 is 2.86 bits per heavy atom. The van der Waals surface area contributed by atoms with Crippen LogP contribution in [0.2, 0.25) is 0 Å². The highest BCUT2D eigenvalue weighted by molar-refractivity contribution is 9.10. The molecule has 114 valence electrons. The average Bonchev–Trinajstić information content (AvgIpc) is 2.49. The molecule has 0 aliphatic carbocycles. The van der Waals surface area contributed by atoms with Crippen LogP contribution >= 0.6 is 15.9 Å². The quantitative estimate of drug-likeness (QED) is 0.757. The van der Waals surface area contributed by atoms with Crippen LogP contribution in [0.1, 0.15) is 10.4 Å². The van der Waals surface area contributed by atoms with Crippen molar-refractivity contribution >= 4 is 33.6 Å². The predicted molar refractivity (Wildman–Crippen MR) is 78.5 cm³/mol. The lowest BCUT2D eigenvalue weighted by Gasteiger charge is -2.32. The summed E-state index contributed by atoms with van der Waals surface area (Å²) >= 11 is 3.23. The highest BCUT2D eigenvalue weighted by Crippen LogP contribution is 2.24. The van der Waals surface area contributed by atoms with Crippen LogP contribution in [0.25, 0.3) is 0 Å². The lowest BCUT2D eigenvalue weighted by Crippen LogP contribution is -2.48. The standard InChI is InChI=1S/C13H15BrN2O5/c14-10-5-8(12(18)19)1-2-11(10)15-13(20)16-3-4-21-9(6-16)7-17/h1-2,5,9,17H,3-4,6-7H2,(H,15,20)(H,18,19). The number of amides is 2. The maximum Gasteiger partial charge on any atom is 0.335 e.